The smallest absolute Gasteiger partial charge is 0.319 e. The van der Waals surface area contributed by atoms with Gasteiger partial charge >= 0.3 is 6.03 Å². The molecule has 0 bridgehead atoms. The van der Waals surface area contributed by atoms with E-state index in [1.54, 1.807) is 12.3 Å². The Morgan fingerprint density at radius 3 is 2.81 bits per heavy atom. The van der Waals surface area contributed by atoms with Crippen LogP contribution in [0.5, 0.6) is 11.5 Å². The Balaban J connectivity index is 1.43. The first kappa shape index (κ1) is 22.9. The van der Waals surface area contributed by atoms with Gasteiger partial charge in [-0.2, -0.15) is 0 Å². The van der Waals surface area contributed by atoms with Crippen molar-refractivity contribution in [2.24, 2.45) is 0 Å². The Morgan fingerprint density at radius 1 is 1.17 bits per heavy atom. The van der Waals surface area contributed by atoms with Crippen LogP contribution in [0.25, 0.3) is 0 Å². The third-order valence-electron chi connectivity index (χ3n) is 6.98. The average Bonchev–Trinajstić information content (AvgIpc) is 3.21. The van der Waals surface area contributed by atoms with Crippen molar-refractivity contribution in [3.63, 3.8) is 0 Å². The largest absolute Gasteiger partial charge is 0.457 e. The van der Waals surface area contributed by atoms with Gasteiger partial charge < -0.3 is 26.0 Å². The summed E-state index contributed by atoms with van der Waals surface area (Å²) in [4.78, 5) is 31.5. The number of piperidine rings is 1. The number of hydrogen-bond acceptors (Lipinski definition) is 6. The van der Waals surface area contributed by atoms with Gasteiger partial charge in [-0.25, -0.2) is 9.78 Å². The molecule has 6 rings (SSSR count). The summed E-state index contributed by atoms with van der Waals surface area (Å²) in [5, 5.41) is 13.3. The van der Waals surface area contributed by atoms with Gasteiger partial charge in [0.1, 0.15) is 16.5 Å². The zero-order chi connectivity index (χ0) is 24.7. The second-order valence-electron chi connectivity index (χ2n) is 9.36. The van der Waals surface area contributed by atoms with E-state index in [1.807, 2.05) is 55.5 Å². The van der Waals surface area contributed by atoms with E-state index in [4.69, 9.17) is 4.74 Å². The molecule has 0 radical (unpaired) electrons. The number of nitrogens with zero attached hydrogens (tertiary/aromatic N) is 1. The van der Waals surface area contributed by atoms with Gasteiger partial charge in [-0.15, -0.1) is 0 Å². The molecule has 4 N–H and O–H groups in total. The van der Waals surface area contributed by atoms with Crippen molar-refractivity contribution in [2.75, 3.05) is 18.4 Å². The van der Waals surface area contributed by atoms with Crippen LogP contribution in [0.15, 0.2) is 65.8 Å². The Kier molecular flexibility index (Phi) is 5.81. The highest BCUT2D eigenvalue weighted by molar-refractivity contribution is 8.01. The van der Waals surface area contributed by atoms with Gasteiger partial charge in [0.15, 0.2) is 4.75 Å². The lowest BCUT2D eigenvalue weighted by atomic mass is 9.82. The maximum absolute atomic E-state index is 14.3. The van der Waals surface area contributed by atoms with E-state index in [1.165, 1.54) is 11.8 Å². The first-order chi connectivity index (χ1) is 17.5. The summed E-state index contributed by atoms with van der Waals surface area (Å²) in [6.45, 7) is 3.66. The molecule has 0 saturated carbocycles. The van der Waals surface area contributed by atoms with Crippen LogP contribution in [0.4, 0.5) is 10.5 Å². The van der Waals surface area contributed by atoms with Crippen molar-refractivity contribution in [3.8, 4) is 11.5 Å². The van der Waals surface area contributed by atoms with E-state index in [0.717, 1.165) is 53.4 Å². The Bertz CT molecular complexity index is 1330. The number of ether oxygens (including phenoxy) is 1. The summed E-state index contributed by atoms with van der Waals surface area (Å²) in [6, 6.07) is 16.3. The third kappa shape index (κ3) is 3.88. The molecule has 3 aliphatic rings. The first-order valence-electron chi connectivity index (χ1n) is 12.2. The van der Waals surface area contributed by atoms with Gasteiger partial charge in [-0.3, -0.25) is 4.79 Å². The average molecular weight is 502 g/mol. The maximum atomic E-state index is 14.3. The molecule has 0 spiro atoms. The minimum absolute atomic E-state index is 0.0262. The second kappa shape index (κ2) is 9.15. The number of hydrogen-bond donors (Lipinski definition) is 4. The van der Waals surface area contributed by atoms with Crippen LogP contribution >= 0.6 is 11.8 Å². The van der Waals surface area contributed by atoms with Crippen molar-refractivity contribution in [1.82, 2.24) is 20.9 Å². The highest BCUT2D eigenvalue weighted by atomic mass is 32.2. The number of carbonyl (C=O) groups is 2. The van der Waals surface area contributed by atoms with Crippen molar-refractivity contribution >= 4 is 29.4 Å². The van der Waals surface area contributed by atoms with Gasteiger partial charge in [0.2, 0.25) is 5.91 Å². The number of aromatic nitrogens is 1. The molecule has 1 saturated heterocycles. The van der Waals surface area contributed by atoms with Gasteiger partial charge in [0.25, 0.3) is 0 Å². The molecule has 2 aromatic carbocycles. The predicted molar refractivity (Wildman–Crippen MR) is 138 cm³/mol. The van der Waals surface area contributed by atoms with Crippen LogP contribution in [0.1, 0.15) is 35.6 Å². The monoisotopic (exact) mass is 501 g/mol. The number of thioether (sulfide) groups is 1. The van der Waals surface area contributed by atoms with Crippen molar-refractivity contribution in [2.45, 2.75) is 41.6 Å². The van der Waals surface area contributed by atoms with Crippen molar-refractivity contribution < 1.29 is 14.3 Å². The standard InChI is InChI=1S/C27H27N5O3S/c1-16-14-19(35-18-7-3-2-4-8-18)9-10-20(16)27(25(33)30-17-6-5-12-28-15-17)23-22-21(31-26(34)32-23)11-13-29-24(22)36-27/h2-4,7-11,13-14,17,23,28H,5-6,12,15H2,1H3,(H,30,33)(H2,31,32,34). The summed E-state index contributed by atoms with van der Waals surface area (Å²) < 4.78 is 4.93. The topological polar surface area (TPSA) is 104 Å². The van der Waals surface area contributed by atoms with E-state index < -0.39 is 10.8 Å². The van der Waals surface area contributed by atoms with E-state index in [0.29, 0.717) is 11.4 Å². The molecule has 8 nitrogen and oxygen atoms in total. The fourth-order valence-corrected chi connectivity index (χ4v) is 6.86. The summed E-state index contributed by atoms with van der Waals surface area (Å²) >= 11 is 1.41. The maximum Gasteiger partial charge on any atom is 0.319 e. The number of anilines is 1. The number of amides is 3. The lowest BCUT2D eigenvalue weighted by molar-refractivity contribution is -0.125. The van der Waals surface area contributed by atoms with Crippen LogP contribution in [0, 0.1) is 6.92 Å². The number of nitrogens with one attached hydrogen (secondary N) is 4. The number of urea groups is 1. The lowest BCUT2D eigenvalue weighted by Crippen LogP contribution is -2.56. The summed E-state index contributed by atoms with van der Waals surface area (Å²) in [5.74, 6) is 1.30. The van der Waals surface area contributed by atoms with E-state index >= 15 is 0 Å². The Morgan fingerprint density at radius 2 is 2.03 bits per heavy atom. The van der Waals surface area contributed by atoms with Gasteiger partial charge in [0.05, 0.1) is 11.7 Å². The molecule has 3 amide bonds. The zero-order valence-corrected chi connectivity index (χ0v) is 20.7. The predicted octanol–water partition coefficient (Wildman–Crippen LogP) is 4.23. The molecule has 0 aliphatic carbocycles. The van der Waals surface area contributed by atoms with E-state index in [-0.39, 0.29) is 18.0 Å². The van der Waals surface area contributed by atoms with E-state index in [2.05, 4.69) is 26.3 Å². The van der Waals surface area contributed by atoms with Crippen LogP contribution in [0.2, 0.25) is 0 Å². The fraction of sp³-hybridized carbons (Fsp3) is 0.296. The molecule has 1 aromatic heterocycles. The normalized spacial score (nSPS) is 24.3. The third-order valence-corrected chi connectivity index (χ3v) is 8.46. The SMILES string of the molecule is Cc1cc(Oc2ccccc2)ccc1C1(C(=O)NC2CCCNC2)Sc2nccc3c2C1NC(=O)N3. The second-order valence-corrected chi connectivity index (χ2v) is 10.6. The lowest BCUT2D eigenvalue weighted by Gasteiger charge is -2.38. The zero-order valence-electron chi connectivity index (χ0n) is 19.8. The number of pyridine rings is 1. The number of para-hydroxylation sites is 1. The minimum atomic E-state index is -1.12. The first-order valence-corrected chi connectivity index (χ1v) is 13.0. The number of rotatable bonds is 5. The van der Waals surface area contributed by atoms with Crippen LogP contribution < -0.4 is 26.0 Å². The van der Waals surface area contributed by atoms with Crippen LogP contribution in [0.3, 0.4) is 0 Å². The van der Waals surface area contributed by atoms with Crippen molar-refractivity contribution in [1.29, 1.82) is 0 Å². The van der Waals surface area contributed by atoms with Crippen molar-refractivity contribution in [3.05, 3.63) is 77.5 Å². The van der Waals surface area contributed by atoms with Crippen LogP contribution in [-0.4, -0.2) is 36.1 Å². The molecular weight excluding hydrogens is 474 g/mol. The van der Waals surface area contributed by atoms with Crippen LogP contribution in [-0.2, 0) is 9.54 Å². The van der Waals surface area contributed by atoms with Gasteiger partial charge in [-0.05, 0) is 67.8 Å². The summed E-state index contributed by atoms with van der Waals surface area (Å²) in [7, 11) is 0. The minimum Gasteiger partial charge on any atom is -0.457 e. The summed E-state index contributed by atoms with van der Waals surface area (Å²) in [5.41, 5.74) is 3.26. The highest BCUT2D eigenvalue weighted by Crippen LogP contribution is 2.60. The highest BCUT2D eigenvalue weighted by Gasteiger charge is 2.58. The molecule has 3 aliphatic heterocycles. The molecule has 36 heavy (non-hydrogen) atoms. The number of aryl methyl sites for hydroxylation is 1. The molecule has 3 unspecified atom stereocenters. The summed E-state index contributed by atoms with van der Waals surface area (Å²) in [6.07, 6.45) is 3.59. The molecule has 184 valence electrons. The van der Waals surface area contributed by atoms with Gasteiger partial charge in [-0.1, -0.05) is 36.0 Å². The molecule has 9 heteroatoms. The molecular formula is C27H27N5O3S. The fourth-order valence-electron chi connectivity index (χ4n) is 5.32. The molecule has 1 fully saturated rings. The molecule has 4 heterocycles. The quantitative estimate of drug-likeness (QED) is 0.417. The Labute approximate surface area is 213 Å². The Hall–Kier alpha value is -3.56. The number of benzene rings is 2. The number of carbonyl (C=O) groups excluding carboxylic acids is 2. The molecule has 3 aromatic rings. The van der Waals surface area contributed by atoms with Gasteiger partial charge in [0, 0.05) is 24.3 Å². The molecule has 3 atom stereocenters. The van der Waals surface area contributed by atoms with E-state index in [9.17, 15) is 9.59 Å².